The monoisotopic (exact) mass is 255 g/mol. The van der Waals surface area contributed by atoms with Crippen molar-refractivity contribution in [3.05, 3.63) is 48.2 Å². The average molecular weight is 255 g/mol. The van der Waals surface area contributed by atoms with Gasteiger partial charge in [-0.2, -0.15) is 0 Å². The molecule has 0 atom stereocenters. The van der Waals surface area contributed by atoms with E-state index in [1.165, 1.54) is 10.4 Å². The fourth-order valence-corrected chi connectivity index (χ4v) is 2.96. The van der Waals surface area contributed by atoms with Gasteiger partial charge in [0.25, 0.3) is 0 Å². The molecule has 0 aromatic carbocycles. The number of aromatic nitrogens is 2. The minimum atomic E-state index is 0.909. The molecule has 0 unspecified atom stereocenters. The van der Waals surface area contributed by atoms with Gasteiger partial charge in [-0.15, -0.1) is 11.3 Å². The Morgan fingerprint density at radius 2 is 2.00 bits per heavy atom. The lowest BCUT2D eigenvalue weighted by Gasteiger charge is -2.21. The smallest absolute Gasteiger partial charge is 0.105 e. The maximum atomic E-state index is 4.49. The van der Waals surface area contributed by atoms with Gasteiger partial charge in [-0.25, -0.2) is 0 Å². The van der Waals surface area contributed by atoms with E-state index in [1.807, 2.05) is 36.8 Å². The molecule has 4 heteroatoms. The van der Waals surface area contributed by atoms with Gasteiger partial charge in [0.15, 0.2) is 0 Å². The van der Waals surface area contributed by atoms with E-state index < -0.39 is 0 Å². The largest absolute Gasteiger partial charge is 0.339 e. The van der Waals surface area contributed by atoms with Crippen molar-refractivity contribution in [2.24, 2.45) is 0 Å². The summed E-state index contributed by atoms with van der Waals surface area (Å²) in [7, 11) is 0. The lowest BCUT2D eigenvalue weighted by atomic mass is 10.3. The molecule has 0 fully saturated rings. The lowest BCUT2D eigenvalue weighted by Crippen LogP contribution is -2.15. The van der Waals surface area contributed by atoms with Gasteiger partial charge in [0.1, 0.15) is 5.52 Å². The Morgan fingerprint density at radius 3 is 2.78 bits per heavy atom. The number of fused-ring (bicyclic) bond motifs is 1. The van der Waals surface area contributed by atoms with Crippen LogP contribution in [-0.4, -0.2) is 16.5 Å². The van der Waals surface area contributed by atoms with E-state index in [-0.39, 0.29) is 0 Å². The van der Waals surface area contributed by atoms with Gasteiger partial charge in [-0.1, -0.05) is 0 Å². The minimum Gasteiger partial charge on any atom is -0.339 e. The molecule has 0 N–H and O–H groups in total. The van der Waals surface area contributed by atoms with Gasteiger partial charge in [0, 0.05) is 36.2 Å². The van der Waals surface area contributed by atoms with Crippen LogP contribution in [0.25, 0.3) is 10.2 Å². The second-order valence-corrected chi connectivity index (χ2v) is 4.83. The summed E-state index contributed by atoms with van der Waals surface area (Å²) >= 11 is 1.73. The Labute approximate surface area is 110 Å². The van der Waals surface area contributed by atoms with Crippen LogP contribution in [0, 0.1) is 0 Å². The van der Waals surface area contributed by atoms with Crippen LogP contribution in [0.4, 0.5) is 11.4 Å². The van der Waals surface area contributed by atoms with E-state index in [2.05, 4.69) is 33.2 Å². The van der Waals surface area contributed by atoms with Crippen LogP contribution in [-0.2, 0) is 0 Å². The van der Waals surface area contributed by atoms with Crippen molar-refractivity contribution >= 4 is 32.9 Å². The Kier molecular flexibility index (Phi) is 2.94. The number of nitrogens with zero attached hydrogens (tertiary/aromatic N) is 3. The molecule has 3 heterocycles. The second-order valence-electron chi connectivity index (χ2n) is 3.92. The quantitative estimate of drug-likeness (QED) is 0.712. The number of rotatable bonds is 3. The second kappa shape index (κ2) is 4.74. The van der Waals surface area contributed by atoms with Crippen molar-refractivity contribution in [3.63, 3.8) is 0 Å². The van der Waals surface area contributed by atoms with Crippen molar-refractivity contribution in [3.8, 4) is 0 Å². The molecule has 0 radical (unpaired) electrons. The highest BCUT2D eigenvalue weighted by Crippen LogP contribution is 2.34. The summed E-state index contributed by atoms with van der Waals surface area (Å²) in [6.45, 7) is 3.05. The van der Waals surface area contributed by atoms with E-state index in [9.17, 15) is 0 Å². The molecular formula is C14H13N3S. The molecule has 18 heavy (non-hydrogen) atoms. The standard InChI is InChI=1S/C14H13N3S/c1-2-17(11-5-8-15-9-6-11)12-10-18-13-4-3-7-16-14(12)13/h3-10H,2H2,1H3. The topological polar surface area (TPSA) is 29.0 Å². The van der Waals surface area contributed by atoms with E-state index in [0.29, 0.717) is 0 Å². The van der Waals surface area contributed by atoms with Gasteiger partial charge in [-0.05, 0) is 31.2 Å². The Balaban J connectivity index is 2.12. The molecule has 90 valence electrons. The molecule has 0 aliphatic rings. The highest BCUT2D eigenvalue weighted by atomic mass is 32.1. The zero-order chi connectivity index (χ0) is 12.4. The van der Waals surface area contributed by atoms with Crippen molar-refractivity contribution in [1.82, 2.24) is 9.97 Å². The molecule has 0 aliphatic carbocycles. The number of pyridine rings is 2. The summed E-state index contributed by atoms with van der Waals surface area (Å²) in [5.41, 5.74) is 3.39. The fourth-order valence-electron chi connectivity index (χ4n) is 2.06. The first kappa shape index (κ1) is 11.2. The summed E-state index contributed by atoms with van der Waals surface area (Å²) in [6.07, 6.45) is 5.49. The highest BCUT2D eigenvalue weighted by Gasteiger charge is 2.12. The maximum Gasteiger partial charge on any atom is 0.105 e. The normalized spacial score (nSPS) is 10.7. The Bertz CT molecular complexity index is 648. The van der Waals surface area contributed by atoms with Crippen molar-refractivity contribution < 1.29 is 0 Å². The molecule has 0 bridgehead atoms. The molecule has 0 spiro atoms. The van der Waals surface area contributed by atoms with Crippen LogP contribution in [0.5, 0.6) is 0 Å². The third-order valence-electron chi connectivity index (χ3n) is 2.89. The molecular weight excluding hydrogens is 242 g/mol. The van der Waals surface area contributed by atoms with E-state index >= 15 is 0 Å². The van der Waals surface area contributed by atoms with Crippen LogP contribution in [0.3, 0.4) is 0 Å². The average Bonchev–Trinajstić information content (AvgIpc) is 2.85. The summed E-state index contributed by atoms with van der Waals surface area (Å²) in [6, 6.07) is 8.13. The van der Waals surface area contributed by atoms with Crippen LogP contribution < -0.4 is 4.90 Å². The third-order valence-corrected chi connectivity index (χ3v) is 3.82. The van der Waals surface area contributed by atoms with E-state index in [0.717, 1.165) is 17.7 Å². The van der Waals surface area contributed by atoms with Gasteiger partial charge < -0.3 is 4.90 Å². The molecule has 3 aromatic rings. The number of thiophene rings is 1. The maximum absolute atomic E-state index is 4.49. The van der Waals surface area contributed by atoms with Crippen LogP contribution >= 0.6 is 11.3 Å². The summed E-state index contributed by atoms with van der Waals surface area (Å²) in [5, 5.41) is 2.17. The minimum absolute atomic E-state index is 0.909. The van der Waals surface area contributed by atoms with Gasteiger partial charge in [-0.3, -0.25) is 9.97 Å². The van der Waals surface area contributed by atoms with Crippen LogP contribution in [0.2, 0.25) is 0 Å². The molecule has 0 saturated carbocycles. The van der Waals surface area contributed by atoms with Crippen LogP contribution in [0.1, 0.15) is 6.92 Å². The van der Waals surface area contributed by atoms with Gasteiger partial charge in [0.05, 0.1) is 10.4 Å². The summed E-state index contributed by atoms with van der Waals surface area (Å²) in [5.74, 6) is 0. The number of anilines is 2. The predicted molar refractivity (Wildman–Crippen MR) is 76.5 cm³/mol. The van der Waals surface area contributed by atoms with Crippen molar-refractivity contribution in [2.75, 3.05) is 11.4 Å². The van der Waals surface area contributed by atoms with Gasteiger partial charge in [0.2, 0.25) is 0 Å². The first-order chi connectivity index (χ1) is 8.90. The van der Waals surface area contributed by atoms with E-state index in [1.54, 1.807) is 11.3 Å². The zero-order valence-corrected chi connectivity index (χ0v) is 10.9. The van der Waals surface area contributed by atoms with Crippen LogP contribution in [0.15, 0.2) is 48.2 Å². The molecule has 0 aliphatic heterocycles. The molecule has 3 aromatic heterocycles. The first-order valence-electron chi connectivity index (χ1n) is 5.90. The molecule has 0 amide bonds. The van der Waals surface area contributed by atoms with Gasteiger partial charge >= 0.3 is 0 Å². The van der Waals surface area contributed by atoms with Crippen molar-refractivity contribution in [1.29, 1.82) is 0 Å². The molecule has 0 saturated heterocycles. The van der Waals surface area contributed by atoms with E-state index in [4.69, 9.17) is 0 Å². The SMILES string of the molecule is CCN(c1ccncc1)c1csc2cccnc12. The fraction of sp³-hybridized carbons (Fsp3) is 0.143. The number of hydrogen-bond acceptors (Lipinski definition) is 4. The first-order valence-corrected chi connectivity index (χ1v) is 6.78. The Morgan fingerprint density at radius 1 is 1.17 bits per heavy atom. The van der Waals surface area contributed by atoms with Crippen molar-refractivity contribution in [2.45, 2.75) is 6.92 Å². The molecule has 3 nitrogen and oxygen atoms in total. The number of hydrogen-bond donors (Lipinski definition) is 0. The lowest BCUT2D eigenvalue weighted by molar-refractivity contribution is 1.03. The zero-order valence-electron chi connectivity index (χ0n) is 10.1. The summed E-state index contributed by atoms with van der Waals surface area (Å²) in [4.78, 5) is 10.8. The Hall–Kier alpha value is -1.94. The predicted octanol–water partition coefficient (Wildman–Crippen LogP) is 3.85. The highest BCUT2D eigenvalue weighted by molar-refractivity contribution is 7.17. The summed E-state index contributed by atoms with van der Waals surface area (Å²) < 4.78 is 1.22. The third kappa shape index (κ3) is 1.84. The molecule has 3 rings (SSSR count).